The number of carbonyl (C=O) groups excluding carboxylic acids is 1. The topological polar surface area (TPSA) is 117 Å². The molecule has 1 amide bonds. The number of nitro benzene ring substituents is 1. The van der Waals surface area contributed by atoms with Gasteiger partial charge in [0, 0.05) is 11.6 Å². The van der Waals surface area contributed by atoms with Gasteiger partial charge < -0.3 is 10.4 Å². The minimum atomic E-state index is -1.38. The molecule has 1 atom stereocenters. The summed E-state index contributed by atoms with van der Waals surface area (Å²) in [6, 6.07) is 14.8. The Labute approximate surface area is 147 Å². The van der Waals surface area contributed by atoms with Gasteiger partial charge >= 0.3 is 0 Å². The van der Waals surface area contributed by atoms with Gasteiger partial charge in [-0.3, -0.25) is 20.3 Å². The molecule has 3 rings (SSSR count). The normalized spacial score (nSPS) is 19.5. The maximum Gasteiger partial charge on any atom is 0.292 e. The summed E-state index contributed by atoms with van der Waals surface area (Å²) in [5.41, 5.74) is 1.73. The third-order valence-corrected chi connectivity index (χ3v) is 4.67. The number of benzene rings is 2. The molecule has 0 saturated carbocycles. The summed E-state index contributed by atoms with van der Waals surface area (Å²) in [6.45, 7) is 0. The van der Waals surface area contributed by atoms with Gasteiger partial charge in [0.15, 0.2) is 10.8 Å². The standard InChI is InChI=1S/C16H14N4O4S/c21-14(17-12-8-4-5-9-13(12)20(23)24)15-18-19-16(22,10-25-15)11-6-2-1-3-7-11/h1-9,19,22H,10H2,(H,17,21). The maximum atomic E-state index is 12.3. The predicted molar refractivity (Wildman–Crippen MR) is 95.1 cm³/mol. The third kappa shape index (κ3) is 3.62. The van der Waals surface area contributed by atoms with Crippen LogP contribution < -0.4 is 10.7 Å². The minimum Gasteiger partial charge on any atom is -0.365 e. The second-order valence-electron chi connectivity index (χ2n) is 5.27. The number of aliphatic hydroxyl groups is 1. The molecule has 0 saturated heterocycles. The van der Waals surface area contributed by atoms with Crippen molar-refractivity contribution in [3.05, 3.63) is 70.3 Å². The van der Waals surface area contributed by atoms with Crippen molar-refractivity contribution in [1.29, 1.82) is 0 Å². The smallest absolute Gasteiger partial charge is 0.292 e. The van der Waals surface area contributed by atoms with Crippen LogP contribution in [0.1, 0.15) is 5.56 Å². The lowest BCUT2D eigenvalue weighted by atomic mass is 10.1. The average Bonchev–Trinajstić information content (AvgIpc) is 2.63. The van der Waals surface area contributed by atoms with Crippen LogP contribution in [-0.2, 0) is 10.5 Å². The lowest BCUT2D eigenvalue weighted by Gasteiger charge is -2.31. The minimum absolute atomic E-state index is 0.0822. The first kappa shape index (κ1) is 16.9. The Morgan fingerprint density at radius 2 is 1.92 bits per heavy atom. The summed E-state index contributed by atoms with van der Waals surface area (Å²) >= 11 is 1.06. The van der Waals surface area contributed by atoms with E-state index in [9.17, 15) is 20.0 Å². The molecule has 8 nitrogen and oxygen atoms in total. The van der Waals surface area contributed by atoms with Gasteiger partial charge in [-0.25, -0.2) is 0 Å². The van der Waals surface area contributed by atoms with E-state index in [4.69, 9.17) is 0 Å². The lowest BCUT2D eigenvalue weighted by Crippen LogP contribution is -2.46. The molecule has 0 aromatic heterocycles. The third-order valence-electron chi connectivity index (χ3n) is 3.55. The van der Waals surface area contributed by atoms with Gasteiger partial charge in [-0.1, -0.05) is 54.2 Å². The van der Waals surface area contributed by atoms with Crippen molar-refractivity contribution in [3.8, 4) is 0 Å². The summed E-state index contributed by atoms with van der Waals surface area (Å²) in [4.78, 5) is 22.7. The largest absolute Gasteiger partial charge is 0.365 e. The Kier molecular flexibility index (Phi) is 4.68. The zero-order valence-electron chi connectivity index (χ0n) is 12.9. The van der Waals surface area contributed by atoms with E-state index in [1.165, 1.54) is 18.2 Å². The molecule has 1 aliphatic rings. The Morgan fingerprint density at radius 1 is 1.24 bits per heavy atom. The van der Waals surface area contributed by atoms with Crippen molar-refractivity contribution in [3.63, 3.8) is 0 Å². The first-order chi connectivity index (χ1) is 12.0. The van der Waals surface area contributed by atoms with E-state index >= 15 is 0 Å². The second-order valence-corrected chi connectivity index (χ2v) is 6.24. The highest BCUT2D eigenvalue weighted by Gasteiger charge is 2.34. The van der Waals surface area contributed by atoms with Crippen LogP contribution >= 0.6 is 11.8 Å². The van der Waals surface area contributed by atoms with Gasteiger partial charge in [-0.15, -0.1) is 0 Å². The summed E-state index contributed by atoms with van der Waals surface area (Å²) < 4.78 is 0. The van der Waals surface area contributed by atoms with Crippen molar-refractivity contribution in [2.45, 2.75) is 5.72 Å². The van der Waals surface area contributed by atoms with Gasteiger partial charge in [-0.05, 0) is 6.07 Å². The van der Waals surface area contributed by atoms with E-state index in [0.717, 1.165) is 11.8 Å². The molecule has 0 radical (unpaired) electrons. The molecule has 128 valence electrons. The van der Waals surface area contributed by atoms with Crippen LogP contribution in [0, 0.1) is 10.1 Å². The Bertz CT molecular complexity index is 843. The summed E-state index contributed by atoms with van der Waals surface area (Å²) in [6.07, 6.45) is 0. The van der Waals surface area contributed by atoms with Gasteiger partial charge in [0.1, 0.15) is 5.69 Å². The number of para-hydroxylation sites is 2. The molecule has 1 unspecified atom stereocenters. The highest BCUT2D eigenvalue weighted by Crippen LogP contribution is 2.28. The fourth-order valence-electron chi connectivity index (χ4n) is 2.27. The number of hydrogen-bond donors (Lipinski definition) is 3. The molecule has 0 aliphatic carbocycles. The first-order valence-corrected chi connectivity index (χ1v) is 8.28. The summed E-state index contributed by atoms with van der Waals surface area (Å²) in [5.74, 6) is -0.415. The highest BCUT2D eigenvalue weighted by molar-refractivity contribution is 8.15. The lowest BCUT2D eigenvalue weighted by molar-refractivity contribution is -0.383. The molecule has 0 spiro atoms. The Morgan fingerprint density at radius 3 is 2.56 bits per heavy atom. The van der Waals surface area contributed by atoms with Gasteiger partial charge in [0.2, 0.25) is 0 Å². The van der Waals surface area contributed by atoms with Gasteiger partial charge in [0.05, 0.1) is 10.7 Å². The Hall–Kier alpha value is -2.91. The summed E-state index contributed by atoms with van der Waals surface area (Å²) in [5, 5.41) is 28.1. The zero-order chi connectivity index (χ0) is 17.9. The number of nitrogens with zero attached hydrogens (tertiary/aromatic N) is 2. The first-order valence-electron chi connectivity index (χ1n) is 7.30. The van der Waals surface area contributed by atoms with E-state index in [1.807, 2.05) is 6.07 Å². The van der Waals surface area contributed by atoms with Crippen LogP contribution in [-0.4, -0.2) is 26.7 Å². The number of thioether (sulfide) groups is 1. The molecule has 1 aliphatic heterocycles. The fraction of sp³-hybridized carbons (Fsp3) is 0.125. The molecule has 9 heteroatoms. The SMILES string of the molecule is O=C(Nc1ccccc1[N+](=O)[O-])C1=NNC(O)(c2ccccc2)CS1. The van der Waals surface area contributed by atoms with Crippen molar-refractivity contribution in [2.24, 2.45) is 5.10 Å². The average molecular weight is 358 g/mol. The van der Waals surface area contributed by atoms with E-state index in [1.54, 1.807) is 30.3 Å². The number of anilines is 1. The highest BCUT2D eigenvalue weighted by atomic mass is 32.2. The predicted octanol–water partition coefficient (Wildman–Crippen LogP) is 2.03. The van der Waals surface area contributed by atoms with E-state index in [2.05, 4.69) is 15.8 Å². The molecule has 0 bridgehead atoms. The summed E-state index contributed by atoms with van der Waals surface area (Å²) in [7, 11) is 0. The molecule has 2 aromatic rings. The molecular weight excluding hydrogens is 344 g/mol. The van der Waals surface area contributed by atoms with Crippen molar-refractivity contribution in [1.82, 2.24) is 5.43 Å². The fourth-order valence-corrected chi connectivity index (χ4v) is 3.14. The number of nitrogens with one attached hydrogen (secondary N) is 2. The zero-order valence-corrected chi connectivity index (χ0v) is 13.7. The van der Waals surface area contributed by atoms with Crippen molar-refractivity contribution in [2.75, 3.05) is 11.1 Å². The molecule has 3 N–H and O–H groups in total. The van der Waals surface area contributed by atoms with Crippen LogP contribution in [0.3, 0.4) is 0 Å². The monoisotopic (exact) mass is 358 g/mol. The maximum absolute atomic E-state index is 12.3. The van der Waals surface area contributed by atoms with Crippen LogP contribution in [0.25, 0.3) is 0 Å². The quantitative estimate of drug-likeness (QED) is 0.569. The van der Waals surface area contributed by atoms with Crippen molar-refractivity contribution < 1.29 is 14.8 Å². The van der Waals surface area contributed by atoms with Crippen LogP contribution in [0.4, 0.5) is 11.4 Å². The number of amides is 1. The van der Waals surface area contributed by atoms with Gasteiger partial charge in [-0.2, -0.15) is 5.10 Å². The number of hydrazone groups is 1. The molecule has 0 fully saturated rings. The molecular formula is C16H14N4O4S. The number of carbonyl (C=O) groups is 1. The number of nitro groups is 1. The number of rotatable bonds is 4. The van der Waals surface area contributed by atoms with E-state index < -0.39 is 16.6 Å². The van der Waals surface area contributed by atoms with Crippen LogP contribution in [0.5, 0.6) is 0 Å². The van der Waals surface area contributed by atoms with Gasteiger partial charge in [0.25, 0.3) is 11.6 Å². The van der Waals surface area contributed by atoms with Crippen LogP contribution in [0.15, 0.2) is 59.7 Å². The van der Waals surface area contributed by atoms with Crippen LogP contribution in [0.2, 0.25) is 0 Å². The van der Waals surface area contributed by atoms with E-state index in [0.29, 0.717) is 5.56 Å². The molecule has 25 heavy (non-hydrogen) atoms. The number of hydrogen-bond acceptors (Lipinski definition) is 7. The van der Waals surface area contributed by atoms with E-state index in [-0.39, 0.29) is 22.2 Å². The Balaban J connectivity index is 1.74. The second kappa shape index (κ2) is 6.91. The molecule has 1 heterocycles. The molecule has 2 aromatic carbocycles. The van der Waals surface area contributed by atoms with Crippen molar-refractivity contribution >= 4 is 34.1 Å².